The number of hydrogen-bond acceptors (Lipinski definition) is 3. The average molecular weight is 161 g/mol. The van der Waals surface area contributed by atoms with Crippen molar-refractivity contribution in [1.29, 1.82) is 0 Å². The molecule has 0 aliphatic carbocycles. The van der Waals surface area contributed by atoms with E-state index in [9.17, 15) is 0 Å². The molecule has 3 heteroatoms. The monoisotopic (exact) mass is 161 g/mol. The molecule has 11 heavy (non-hydrogen) atoms. The molecule has 0 aromatic heterocycles. The molecule has 0 radical (unpaired) electrons. The summed E-state index contributed by atoms with van der Waals surface area (Å²) in [5.41, 5.74) is -0.695. The van der Waals surface area contributed by atoms with Gasteiger partial charge in [0.25, 0.3) is 0 Å². The average Bonchev–Trinajstić information content (AvgIpc) is 1.86. The first kappa shape index (κ1) is 10.9. The normalized spacial score (nSPS) is 13.6. The predicted molar refractivity (Wildman–Crippen MR) is 45.3 cm³/mol. The molecule has 0 heterocycles. The van der Waals surface area contributed by atoms with Crippen LogP contribution in [-0.4, -0.2) is 25.7 Å². The van der Waals surface area contributed by atoms with E-state index < -0.39 is 0 Å². The van der Waals surface area contributed by atoms with E-state index in [0.717, 1.165) is 0 Å². The van der Waals surface area contributed by atoms with Crippen molar-refractivity contribution in [2.75, 3.05) is 14.2 Å². The van der Waals surface area contributed by atoms with E-state index in [1.807, 2.05) is 27.7 Å². The van der Waals surface area contributed by atoms with Gasteiger partial charge in [0.05, 0.1) is 0 Å². The summed E-state index contributed by atoms with van der Waals surface area (Å²) in [7, 11) is 3.33. The van der Waals surface area contributed by atoms with E-state index in [-0.39, 0.29) is 11.4 Å². The second-order valence-corrected chi connectivity index (χ2v) is 3.55. The summed E-state index contributed by atoms with van der Waals surface area (Å²) < 4.78 is 10.4. The SMILES string of the molecule is COC(C)(C)NC(C)(C)OC. The Balaban J connectivity index is 4.02. The molecule has 0 saturated heterocycles. The zero-order chi connectivity index (χ0) is 9.12. The fourth-order valence-corrected chi connectivity index (χ4v) is 0.827. The van der Waals surface area contributed by atoms with Gasteiger partial charge in [-0.1, -0.05) is 0 Å². The largest absolute Gasteiger partial charge is 0.364 e. The molecule has 0 aliphatic rings. The van der Waals surface area contributed by atoms with Crippen LogP contribution < -0.4 is 5.32 Å². The molecule has 0 unspecified atom stereocenters. The third-order valence-electron chi connectivity index (χ3n) is 1.62. The van der Waals surface area contributed by atoms with Crippen molar-refractivity contribution in [3.63, 3.8) is 0 Å². The maximum atomic E-state index is 5.18. The van der Waals surface area contributed by atoms with Crippen LogP contribution in [0.3, 0.4) is 0 Å². The van der Waals surface area contributed by atoms with E-state index in [2.05, 4.69) is 5.32 Å². The lowest BCUT2D eigenvalue weighted by molar-refractivity contribution is -0.103. The molecule has 0 aromatic rings. The molecular formula is C8H19NO2. The Bertz CT molecular complexity index is 107. The van der Waals surface area contributed by atoms with Gasteiger partial charge in [0, 0.05) is 14.2 Å². The highest BCUT2D eigenvalue weighted by Gasteiger charge is 2.26. The Morgan fingerprint density at radius 1 is 0.818 bits per heavy atom. The highest BCUT2D eigenvalue weighted by atomic mass is 16.5. The van der Waals surface area contributed by atoms with Gasteiger partial charge in [-0.2, -0.15) is 0 Å². The van der Waals surface area contributed by atoms with Crippen molar-refractivity contribution in [3.8, 4) is 0 Å². The molecule has 0 amide bonds. The molecule has 0 bridgehead atoms. The van der Waals surface area contributed by atoms with Crippen LogP contribution >= 0.6 is 0 Å². The first-order valence-corrected chi connectivity index (χ1v) is 3.72. The zero-order valence-electron chi connectivity index (χ0n) is 8.32. The number of rotatable bonds is 4. The molecule has 0 atom stereocenters. The summed E-state index contributed by atoms with van der Waals surface area (Å²) in [6.45, 7) is 7.81. The van der Waals surface area contributed by atoms with Crippen molar-refractivity contribution in [2.45, 2.75) is 39.1 Å². The molecule has 3 nitrogen and oxygen atoms in total. The second-order valence-electron chi connectivity index (χ2n) is 3.55. The van der Waals surface area contributed by atoms with E-state index >= 15 is 0 Å². The first-order chi connectivity index (χ1) is 4.83. The van der Waals surface area contributed by atoms with Crippen LogP contribution in [0.2, 0.25) is 0 Å². The summed E-state index contributed by atoms with van der Waals surface area (Å²) in [4.78, 5) is 0. The van der Waals surface area contributed by atoms with Crippen LogP contribution in [0, 0.1) is 0 Å². The van der Waals surface area contributed by atoms with Gasteiger partial charge in [-0.05, 0) is 27.7 Å². The lowest BCUT2D eigenvalue weighted by atomic mass is 10.2. The summed E-state index contributed by atoms with van der Waals surface area (Å²) in [6, 6.07) is 0. The molecular weight excluding hydrogens is 142 g/mol. The first-order valence-electron chi connectivity index (χ1n) is 3.72. The van der Waals surface area contributed by atoms with E-state index in [1.54, 1.807) is 14.2 Å². The highest BCUT2D eigenvalue weighted by Crippen LogP contribution is 2.11. The van der Waals surface area contributed by atoms with Crippen LogP contribution in [0.25, 0.3) is 0 Å². The number of nitrogens with one attached hydrogen (secondary N) is 1. The van der Waals surface area contributed by atoms with Crippen molar-refractivity contribution < 1.29 is 9.47 Å². The molecule has 0 aromatic carbocycles. The standard InChI is InChI=1S/C8H19NO2/c1-7(2,10-5)9-8(3,4)11-6/h9H,1-6H3. The minimum Gasteiger partial charge on any atom is -0.364 e. The van der Waals surface area contributed by atoms with E-state index in [4.69, 9.17) is 9.47 Å². The van der Waals surface area contributed by atoms with E-state index in [0.29, 0.717) is 0 Å². The van der Waals surface area contributed by atoms with Gasteiger partial charge in [-0.15, -0.1) is 0 Å². The lowest BCUT2D eigenvalue weighted by Crippen LogP contribution is -2.53. The molecule has 1 N–H and O–H groups in total. The van der Waals surface area contributed by atoms with E-state index in [1.165, 1.54) is 0 Å². The number of hydrogen-bond donors (Lipinski definition) is 1. The van der Waals surface area contributed by atoms with Gasteiger partial charge >= 0.3 is 0 Å². The quantitative estimate of drug-likeness (QED) is 0.631. The Kier molecular flexibility index (Phi) is 3.48. The minimum absolute atomic E-state index is 0.348. The molecule has 0 aliphatic heterocycles. The third kappa shape index (κ3) is 4.35. The maximum absolute atomic E-state index is 5.18. The summed E-state index contributed by atoms with van der Waals surface area (Å²) in [6.07, 6.45) is 0. The van der Waals surface area contributed by atoms with Gasteiger partial charge < -0.3 is 9.47 Å². The molecule has 68 valence electrons. The van der Waals surface area contributed by atoms with Crippen LogP contribution in [0.4, 0.5) is 0 Å². The van der Waals surface area contributed by atoms with Gasteiger partial charge in [0.2, 0.25) is 0 Å². The highest BCUT2D eigenvalue weighted by molar-refractivity contribution is 4.74. The summed E-state index contributed by atoms with van der Waals surface area (Å²) >= 11 is 0. The summed E-state index contributed by atoms with van der Waals surface area (Å²) in [5.74, 6) is 0. The molecule has 0 fully saturated rings. The van der Waals surface area contributed by atoms with Crippen LogP contribution in [0.1, 0.15) is 27.7 Å². The smallest absolute Gasteiger partial charge is 0.115 e. The van der Waals surface area contributed by atoms with Crippen molar-refractivity contribution >= 4 is 0 Å². The van der Waals surface area contributed by atoms with Crippen molar-refractivity contribution in [1.82, 2.24) is 5.32 Å². The zero-order valence-corrected chi connectivity index (χ0v) is 8.32. The van der Waals surface area contributed by atoms with Gasteiger partial charge in [-0.3, -0.25) is 5.32 Å². The maximum Gasteiger partial charge on any atom is 0.115 e. The van der Waals surface area contributed by atoms with Crippen LogP contribution in [0.5, 0.6) is 0 Å². The van der Waals surface area contributed by atoms with Crippen LogP contribution in [-0.2, 0) is 9.47 Å². The van der Waals surface area contributed by atoms with Gasteiger partial charge in [0.15, 0.2) is 0 Å². The van der Waals surface area contributed by atoms with Crippen molar-refractivity contribution in [2.24, 2.45) is 0 Å². The minimum atomic E-state index is -0.348. The third-order valence-corrected chi connectivity index (χ3v) is 1.62. The molecule has 0 rings (SSSR count). The van der Waals surface area contributed by atoms with Gasteiger partial charge in [0.1, 0.15) is 11.4 Å². The second kappa shape index (κ2) is 3.52. The van der Waals surface area contributed by atoms with Crippen molar-refractivity contribution in [3.05, 3.63) is 0 Å². The van der Waals surface area contributed by atoms with Gasteiger partial charge in [-0.25, -0.2) is 0 Å². The Labute approximate surface area is 69.1 Å². The van der Waals surface area contributed by atoms with Crippen LogP contribution in [0.15, 0.2) is 0 Å². The Morgan fingerprint density at radius 3 is 1.27 bits per heavy atom. The molecule has 0 spiro atoms. The topological polar surface area (TPSA) is 30.5 Å². The fraction of sp³-hybridized carbons (Fsp3) is 1.00. The number of methoxy groups -OCH3 is 2. The number of ether oxygens (including phenoxy) is 2. The Morgan fingerprint density at radius 2 is 1.09 bits per heavy atom. The molecule has 0 saturated carbocycles. The summed E-state index contributed by atoms with van der Waals surface area (Å²) in [5, 5.41) is 3.19. The predicted octanol–water partition coefficient (Wildman–Crippen LogP) is 1.34. The fourth-order valence-electron chi connectivity index (χ4n) is 0.827. The lowest BCUT2D eigenvalue weighted by Gasteiger charge is -2.34. The Hall–Kier alpha value is -0.120.